The first-order valence-corrected chi connectivity index (χ1v) is 9.86. The van der Waals surface area contributed by atoms with Crippen molar-refractivity contribution in [3.63, 3.8) is 0 Å². The van der Waals surface area contributed by atoms with Crippen molar-refractivity contribution >= 4 is 5.97 Å². The van der Waals surface area contributed by atoms with Crippen molar-refractivity contribution in [2.75, 3.05) is 0 Å². The second kappa shape index (κ2) is 8.13. The van der Waals surface area contributed by atoms with Crippen molar-refractivity contribution in [3.05, 3.63) is 42.5 Å². The van der Waals surface area contributed by atoms with Crippen LogP contribution in [0.4, 0.5) is 0 Å². The third-order valence-electron chi connectivity index (χ3n) is 5.71. The predicted octanol–water partition coefficient (Wildman–Crippen LogP) is 5.26. The Bertz CT molecular complexity index is 670. The van der Waals surface area contributed by atoms with Crippen molar-refractivity contribution in [2.24, 2.45) is 5.92 Å². The van der Waals surface area contributed by atoms with E-state index in [-0.39, 0.29) is 11.9 Å². The highest BCUT2D eigenvalue weighted by Gasteiger charge is 2.54. The largest absolute Gasteiger partial charge is 0.427 e. The Labute approximate surface area is 161 Å². The molecule has 1 unspecified atom stereocenters. The lowest BCUT2D eigenvalue weighted by atomic mass is 9.80. The molecular weight excluding hydrogens is 344 g/mol. The maximum atomic E-state index is 11.1. The van der Waals surface area contributed by atoms with Gasteiger partial charge in [0, 0.05) is 25.7 Å². The molecule has 5 heteroatoms. The second-order valence-corrected chi connectivity index (χ2v) is 7.78. The molecular formula is C22H30O5. The smallest absolute Gasteiger partial charge is 0.308 e. The van der Waals surface area contributed by atoms with Gasteiger partial charge in [0.1, 0.15) is 5.75 Å². The molecule has 1 aromatic carbocycles. The molecule has 1 aliphatic carbocycles. The Hall–Kier alpha value is -1.69. The van der Waals surface area contributed by atoms with Gasteiger partial charge in [-0.05, 0) is 56.2 Å². The summed E-state index contributed by atoms with van der Waals surface area (Å²) in [6, 6.07) is 7.71. The van der Waals surface area contributed by atoms with Crippen LogP contribution in [0.2, 0.25) is 0 Å². The van der Waals surface area contributed by atoms with Crippen LogP contribution in [-0.2, 0) is 19.3 Å². The molecule has 0 amide bonds. The summed E-state index contributed by atoms with van der Waals surface area (Å²) in [5.41, 5.74) is 1.20. The summed E-state index contributed by atoms with van der Waals surface area (Å²) >= 11 is 0. The summed E-state index contributed by atoms with van der Waals surface area (Å²) in [4.78, 5) is 22.7. The fourth-order valence-corrected chi connectivity index (χ4v) is 4.29. The van der Waals surface area contributed by atoms with Crippen LogP contribution in [0.15, 0.2) is 36.9 Å². The van der Waals surface area contributed by atoms with E-state index in [1.807, 2.05) is 37.3 Å². The van der Waals surface area contributed by atoms with Gasteiger partial charge in [-0.25, -0.2) is 0 Å². The molecule has 3 rings (SSSR count). The topological polar surface area (TPSA) is 54.0 Å². The van der Waals surface area contributed by atoms with Crippen LogP contribution in [0.3, 0.4) is 0 Å². The number of allylic oxidation sites excluding steroid dienone is 1. The van der Waals surface area contributed by atoms with Crippen LogP contribution < -0.4 is 4.74 Å². The third-order valence-corrected chi connectivity index (χ3v) is 5.71. The van der Waals surface area contributed by atoms with Gasteiger partial charge in [-0.3, -0.25) is 4.79 Å². The average molecular weight is 374 g/mol. The molecule has 1 saturated carbocycles. The van der Waals surface area contributed by atoms with Crippen LogP contribution in [0.1, 0.15) is 70.8 Å². The van der Waals surface area contributed by atoms with Crippen LogP contribution in [-0.4, -0.2) is 17.5 Å². The summed E-state index contributed by atoms with van der Waals surface area (Å²) in [5.74, 6) is -0.664. The summed E-state index contributed by atoms with van der Waals surface area (Å²) < 4.78 is 11.6. The van der Waals surface area contributed by atoms with Crippen molar-refractivity contribution < 1.29 is 24.0 Å². The minimum Gasteiger partial charge on any atom is -0.427 e. The zero-order valence-electron chi connectivity index (χ0n) is 16.5. The van der Waals surface area contributed by atoms with E-state index in [0.717, 1.165) is 38.5 Å². The zero-order valence-corrected chi connectivity index (χ0v) is 16.5. The first kappa shape index (κ1) is 20.1. The number of rotatable bonds is 6. The number of hydrogen-bond acceptors (Lipinski definition) is 5. The molecule has 1 aromatic rings. The van der Waals surface area contributed by atoms with E-state index in [1.54, 1.807) is 0 Å². The Morgan fingerprint density at radius 3 is 2.74 bits per heavy atom. The predicted molar refractivity (Wildman–Crippen MR) is 102 cm³/mol. The Kier molecular flexibility index (Phi) is 6.04. The summed E-state index contributed by atoms with van der Waals surface area (Å²) in [5, 5.41) is 0. The highest BCUT2D eigenvalue weighted by Crippen LogP contribution is 2.50. The Morgan fingerprint density at radius 2 is 2.11 bits per heavy atom. The van der Waals surface area contributed by atoms with Crippen LogP contribution in [0, 0.1) is 5.92 Å². The van der Waals surface area contributed by atoms with Crippen LogP contribution >= 0.6 is 0 Å². The van der Waals surface area contributed by atoms with Crippen molar-refractivity contribution in [3.8, 4) is 5.75 Å². The van der Waals surface area contributed by atoms with Crippen molar-refractivity contribution in [2.45, 2.75) is 76.8 Å². The molecule has 27 heavy (non-hydrogen) atoms. The molecule has 0 radical (unpaired) electrons. The lowest BCUT2D eigenvalue weighted by Gasteiger charge is -2.37. The number of benzene rings is 1. The normalized spacial score (nSPS) is 31.6. The molecule has 0 bridgehead atoms. The third kappa shape index (κ3) is 4.42. The highest BCUT2D eigenvalue weighted by atomic mass is 17.3. The molecule has 4 atom stereocenters. The fraction of sp³-hybridized carbons (Fsp3) is 0.591. The standard InChI is InChI=1S/C22H30O5/c1-5-8-19(6-2)21(4)25-22(27-26-21)14-7-9-18(15-22)17-10-12-20(13-11-17)24-16(3)23/h5,10-13,18-19H,1,6-9,14-15H2,2-4H3/t18-,19?,21-,22-/m1/s1. The number of hydrogen-bond donors (Lipinski definition) is 0. The van der Waals surface area contributed by atoms with Gasteiger partial charge in [-0.2, -0.15) is 9.78 Å². The molecule has 1 aliphatic heterocycles. The van der Waals surface area contributed by atoms with Gasteiger partial charge in [-0.15, -0.1) is 6.58 Å². The van der Waals surface area contributed by atoms with E-state index < -0.39 is 11.6 Å². The average Bonchev–Trinajstić information content (AvgIpc) is 2.96. The van der Waals surface area contributed by atoms with Gasteiger partial charge in [0.2, 0.25) is 11.6 Å². The quantitative estimate of drug-likeness (QED) is 0.294. The first-order valence-electron chi connectivity index (χ1n) is 9.86. The van der Waals surface area contributed by atoms with E-state index in [2.05, 4.69) is 13.5 Å². The molecule has 2 aliphatic rings. The van der Waals surface area contributed by atoms with Gasteiger partial charge in [0.25, 0.3) is 0 Å². The SMILES string of the molecule is C=CCC(CC)[C@@]1(C)OO[C@@]2(CCC[C@@H](c3ccc(OC(C)=O)cc3)C2)O1. The molecule has 5 nitrogen and oxygen atoms in total. The maximum Gasteiger partial charge on any atom is 0.308 e. The molecule has 1 saturated heterocycles. The second-order valence-electron chi connectivity index (χ2n) is 7.78. The zero-order chi connectivity index (χ0) is 19.5. The Morgan fingerprint density at radius 1 is 1.37 bits per heavy atom. The van der Waals surface area contributed by atoms with E-state index in [0.29, 0.717) is 11.7 Å². The lowest BCUT2D eigenvalue weighted by molar-refractivity contribution is -0.359. The molecule has 2 fully saturated rings. The molecule has 1 spiro atoms. The Balaban J connectivity index is 1.70. The van der Waals surface area contributed by atoms with E-state index in [4.69, 9.17) is 19.2 Å². The van der Waals surface area contributed by atoms with Gasteiger partial charge in [-0.1, -0.05) is 25.1 Å². The number of ether oxygens (including phenoxy) is 2. The van der Waals surface area contributed by atoms with Gasteiger partial charge in [0.05, 0.1) is 0 Å². The molecule has 0 aromatic heterocycles. The van der Waals surface area contributed by atoms with Gasteiger partial charge >= 0.3 is 5.97 Å². The van der Waals surface area contributed by atoms with E-state index in [1.165, 1.54) is 12.5 Å². The van der Waals surface area contributed by atoms with E-state index in [9.17, 15) is 4.79 Å². The molecule has 1 heterocycles. The van der Waals surface area contributed by atoms with Crippen LogP contribution in [0.5, 0.6) is 5.75 Å². The van der Waals surface area contributed by atoms with Gasteiger partial charge < -0.3 is 9.47 Å². The fourth-order valence-electron chi connectivity index (χ4n) is 4.29. The molecule has 0 N–H and O–H groups in total. The lowest BCUT2D eigenvalue weighted by Crippen LogP contribution is -2.42. The van der Waals surface area contributed by atoms with E-state index >= 15 is 0 Å². The minimum absolute atomic E-state index is 0.206. The van der Waals surface area contributed by atoms with Gasteiger partial charge in [0.15, 0.2) is 0 Å². The first-order chi connectivity index (χ1) is 12.9. The molecule has 148 valence electrons. The van der Waals surface area contributed by atoms with Crippen molar-refractivity contribution in [1.82, 2.24) is 0 Å². The maximum absolute atomic E-state index is 11.1. The summed E-state index contributed by atoms with van der Waals surface area (Å²) in [6.45, 7) is 9.35. The van der Waals surface area contributed by atoms with Crippen molar-refractivity contribution in [1.29, 1.82) is 0 Å². The minimum atomic E-state index is -0.746. The summed E-state index contributed by atoms with van der Waals surface area (Å²) in [7, 11) is 0. The highest BCUT2D eigenvalue weighted by molar-refractivity contribution is 5.69. The van der Waals surface area contributed by atoms with Crippen LogP contribution in [0.25, 0.3) is 0 Å². The number of carbonyl (C=O) groups excluding carboxylic acids is 1. The summed E-state index contributed by atoms with van der Waals surface area (Å²) in [6.07, 6.45) is 7.33. The monoisotopic (exact) mass is 374 g/mol. The number of carbonyl (C=O) groups is 1. The number of esters is 1.